The number of hydrogen-bond donors (Lipinski definition) is 1. The van der Waals surface area contributed by atoms with Gasteiger partial charge in [0.1, 0.15) is 5.82 Å². The molecule has 0 aliphatic heterocycles. The van der Waals surface area contributed by atoms with E-state index in [2.05, 4.69) is 22.2 Å². The lowest BCUT2D eigenvalue weighted by atomic mass is 9.85. The Morgan fingerprint density at radius 3 is 2.78 bits per heavy atom. The molecule has 2 rings (SSSR count). The molecule has 1 fully saturated rings. The smallest absolute Gasteiger partial charge is 0.144 e. The van der Waals surface area contributed by atoms with E-state index in [1.54, 1.807) is 12.4 Å². The van der Waals surface area contributed by atoms with Crippen LogP contribution in [-0.2, 0) is 11.3 Å². The van der Waals surface area contributed by atoms with Crippen LogP contribution in [0.4, 0.5) is 5.82 Å². The molecule has 1 aromatic heterocycles. The summed E-state index contributed by atoms with van der Waals surface area (Å²) in [6, 6.07) is 0. The first-order chi connectivity index (χ1) is 8.83. The molecule has 1 heterocycles. The van der Waals surface area contributed by atoms with E-state index < -0.39 is 0 Å². The molecule has 100 valence electrons. The molecule has 1 aromatic rings. The number of anilines is 1. The molecule has 0 amide bonds. The summed E-state index contributed by atoms with van der Waals surface area (Å²) >= 11 is 0. The highest BCUT2D eigenvalue weighted by molar-refractivity contribution is 5.29. The van der Waals surface area contributed by atoms with Crippen molar-refractivity contribution < 1.29 is 4.74 Å². The van der Waals surface area contributed by atoms with Gasteiger partial charge in [0.05, 0.1) is 30.8 Å². The van der Waals surface area contributed by atoms with Crippen LogP contribution in [0.5, 0.6) is 0 Å². The van der Waals surface area contributed by atoms with Crippen molar-refractivity contribution in [1.29, 1.82) is 0 Å². The van der Waals surface area contributed by atoms with Gasteiger partial charge in [-0.1, -0.05) is 26.2 Å². The summed E-state index contributed by atoms with van der Waals surface area (Å²) in [5, 5.41) is 2.96. The second-order valence-electron chi connectivity index (χ2n) is 4.95. The molecule has 0 radical (unpaired) electrons. The highest BCUT2D eigenvalue weighted by Gasteiger charge is 2.24. The van der Waals surface area contributed by atoms with Crippen molar-refractivity contribution in [3.8, 4) is 0 Å². The number of rotatable bonds is 5. The van der Waals surface area contributed by atoms with E-state index >= 15 is 0 Å². The van der Waals surface area contributed by atoms with Gasteiger partial charge in [-0.3, -0.25) is 4.98 Å². The van der Waals surface area contributed by atoms with Crippen LogP contribution in [0.25, 0.3) is 0 Å². The molecule has 2 unspecified atom stereocenters. The Bertz CT molecular complexity index is 353. The molecule has 4 nitrogen and oxygen atoms in total. The summed E-state index contributed by atoms with van der Waals surface area (Å²) in [5.41, 5.74) is 0.912. The maximum atomic E-state index is 6.02. The molecule has 1 saturated carbocycles. The van der Waals surface area contributed by atoms with Crippen molar-refractivity contribution in [3.63, 3.8) is 0 Å². The van der Waals surface area contributed by atoms with Crippen LogP contribution in [0.3, 0.4) is 0 Å². The Morgan fingerprint density at radius 2 is 2.11 bits per heavy atom. The average Bonchev–Trinajstić information content (AvgIpc) is 2.46. The zero-order valence-corrected chi connectivity index (χ0v) is 11.4. The van der Waals surface area contributed by atoms with Gasteiger partial charge >= 0.3 is 0 Å². The van der Waals surface area contributed by atoms with Crippen molar-refractivity contribution in [1.82, 2.24) is 9.97 Å². The third-order valence-corrected chi connectivity index (χ3v) is 3.77. The first kappa shape index (κ1) is 13.3. The Balaban J connectivity index is 1.85. The Hall–Kier alpha value is -1.16. The van der Waals surface area contributed by atoms with E-state index in [1.165, 1.54) is 32.1 Å². The Morgan fingerprint density at radius 1 is 1.28 bits per heavy atom. The molecule has 1 N–H and O–H groups in total. The second-order valence-corrected chi connectivity index (χ2v) is 4.95. The maximum absolute atomic E-state index is 6.02. The van der Waals surface area contributed by atoms with E-state index in [0.29, 0.717) is 12.7 Å². The minimum absolute atomic E-state index is 0.412. The first-order valence-electron chi connectivity index (χ1n) is 6.93. The lowest BCUT2D eigenvalue weighted by Crippen LogP contribution is -2.27. The predicted octanol–water partition coefficient (Wildman–Crippen LogP) is 3.00. The molecule has 4 heteroatoms. The highest BCUT2D eigenvalue weighted by atomic mass is 16.5. The fourth-order valence-electron chi connectivity index (χ4n) is 2.61. The zero-order valence-electron chi connectivity index (χ0n) is 11.4. The van der Waals surface area contributed by atoms with Crippen molar-refractivity contribution in [3.05, 3.63) is 18.1 Å². The van der Waals surface area contributed by atoms with Crippen molar-refractivity contribution in [2.75, 3.05) is 12.4 Å². The molecule has 1 aliphatic carbocycles. The Kier molecular flexibility index (Phi) is 4.93. The normalized spacial score (nSPS) is 23.9. The summed E-state index contributed by atoms with van der Waals surface area (Å²) in [7, 11) is 1.84. The molecular weight excluding hydrogens is 226 g/mol. The Labute approximate surface area is 109 Å². The van der Waals surface area contributed by atoms with Gasteiger partial charge in [0, 0.05) is 7.05 Å². The van der Waals surface area contributed by atoms with E-state index in [0.717, 1.165) is 17.4 Å². The first-order valence-corrected chi connectivity index (χ1v) is 6.93. The molecular formula is C14H23N3O. The van der Waals surface area contributed by atoms with Gasteiger partial charge in [0.25, 0.3) is 0 Å². The van der Waals surface area contributed by atoms with Crippen LogP contribution < -0.4 is 5.32 Å². The maximum Gasteiger partial charge on any atom is 0.144 e. The second kappa shape index (κ2) is 6.69. The summed E-state index contributed by atoms with van der Waals surface area (Å²) in [4.78, 5) is 8.58. The topological polar surface area (TPSA) is 47.0 Å². The van der Waals surface area contributed by atoms with Gasteiger partial charge in [-0.05, 0) is 18.8 Å². The van der Waals surface area contributed by atoms with Gasteiger partial charge in [-0.25, -0.2) is 4.98 Å². The van der Waals surface area contributed by atoms with Gasteiger partial charge < -0.3 is 10.1 Å². The molecule has 2 atom stereocenters. The lowest BCUT2D eigenvalue weighted by molar-refractivity contribution is -0.0235. The number of aromatic nitrogens is 2. The SMILES string of the molecule is CCC1CCCCC1OCc1cnc(NC)cn1. The molecule has 0 aromatic carbocycles. The van der Waals surface area contributed by atoms with Crippen LogP contribution in [0.15, 0.2) is 12.4 Å². The van der Waals surface area contributed by atoms with Gasteiger partial charge in [0.2, 0.25) is 0 Å². The van der Waals surface area contributed by atoms with Crippen LogP contribution in [0.1, 0.15) is 44.7 Å². The number of nitrogens with one attached hydrogen (secondary N) is 1. The monoisotopic (exact) mass is 249 g/mol. The quantitative estimate of drug-likeness (QED) is 0.871. The van der Waals surface area contributed by atoms with Gasteiger partial charge in [-0.15, -0.1) is 0 Å². The van der Waals surface area contributed by atoms with Gasteiger partial charge in [0.15, 0.2) is 0 Å². The van der Waals surface area contributed by atoms with Crippen LogP contribution in [0, 0.1) is 5.92 Å². The number of hydrogen-bond acceptors (Lipinski definition) is 4. The van der Waals surface area contributed by atoms with Crippen molar-refractivity contribution in [2.24, 2.45) is 5.92 Å². The number of nitrogens with zero attached hydrogens (tertiary/aromatic N) is 2. The fraction of sp³-hybridized carbons (Fsp3) is 0.714. The lowest BCUT2D eigenvalue weighted by Gasteiger charge is -2.30. The molecule has 1 aliphatic rings. The average molecular weight is 249 g/mol. The van der Waals surface area contributed by atoms with Crippen molar-refractivity contribution in [2.45, 2.75) is 51.7 Å². The minimum atomic E-state index is 0.412. The molecule has 18 heavy (non-hydrogen) atoms. The zero-order chi connectivity index (χ0) is 12.8. The highest BCUT2D eigenvalue weighted by Crippen LogP contribution is 2.29. The van der Waals surface area contributed by atoms with Crippen LogP contribution >= 0.6 is 0 Å². The third kappa shape index (κ3) is 3.42. The summed E-state index contributed by atoms with van der Waals surface area (Å²) in [6.45, 7) is 2.84. The van der Waals surface area contributed by atoms with E-state index in [4.69, 9.17) is 4.74 Å². The van der Waals surface area contributed by atoms with Gasteiger partial charge in [-0.2, -0.15) is 0 Å². The minimum Gasteiger partial charge on any atom is -0.372 e. The van der Waals surface area contributed by atoms with E-state index in [1.807, 2.05) is 7.05 Å². The number of ether oxygens (including phenoxy) is 1. The molecule has 0 bridgehead atoms. The molecule has 0 spiro atoms. The van der Waals surface area contributed by atoms with Crippen LogP contribution in [-0.4, -0.2) is 23.1 Å². The van der Waals surface area contributed by atoms with Crippen LogP contribution in [0.2, 0.25) is 0 Å². The van der Waals surface area contributed by atoms with E-state index in [-0.39, 0.29) is 0 Å². The summed E-state index contributed by atoms with van der Waals surface area (Å²) in [5.74, 6) is 1.52. The third-order valence-electron chi connectivity index (χ3n) is 3.77. The summed E-state index contributed by atoms with van der Waals surface area (Å²) < 4.78 is 6.02. The summed E-state index contributed by atoms with van der Waals surface area (Å²) in [6.07, 6.45) is 10.3. The standard InChI is InChI=1S/C14H23N3O/c1-3-11-6-4-5-7-13(11)18-10-12-8-17-14(15-2)9-16-12/h8-9,11,13H,3-7,10H2,1-2H3,(H,15,17). The predicted molar refractivity (Wildman–Crippen MR) is 72.4 cm³/mol. The fourth-order valence-corrected chi connectivity index (χ4v) is 2.61. The molecule has 0 saturated heterocycles. The largest absolute Gasteiger partial charge is 0.372 e. The van der Waals surface area contributed by atoms with Crippen molar-refractivity contribution >= 4 is 5.82 Å². The van der Waals surface area contributed by atoms with E-state index in [9.17, 15) is 0 Å².